The highest BCUT2D eigenvalue weighted by Gasteiger charge is 2.43. The van der Waals surface area contributed by atoms with Gasteiger partial charge in [-0.15, -0.1) is 11.6 Å². The minimum atomic E-state index is -4.72. The number of oxime groups is 1. The lowest BCUT2D eigenvalue weighted by Gasteiger charge is -2.10. The molecule has 0 spiro atoms. The van der Waals surface area contributed by atoms with Crippen LogP contribution in [0.1, 0.15) is 101 Å². The SMILES string of the molecule is C=CC(=O)CC(C)C.CC(C)C(=O)CCl.CC(C)C1CC(Br)=NO1.CC(C)CC1(C#N)CC1.CC(C)OS(=O)(=O)F. The highest BCUT2D eigenvalue weighted by atomic mass is 79.9. The van der Waals surface area contributed by atoms with E-state index in [0.717, 1.165) is 30.3 Å². The van der Waals surface area contributed by atoms with Gasteiger partial charge in [-0.3, -0.25) is 9.59 Å². The molecule has 0 N–H and O–H groups in total. The standard InChI is InChI=1S/C8H13N.C7H12O.C6H10BrNO.C5H9ClO.C3H7FO3S/c1-7(2)5-8(6-9)3-4-8;1-4-7(8)5-6(2)3;1-4(2)5-3-6(7)8-9-5;1-4(2)5(7)3-6;1-3(2)7-8(4,5)6/h7H,3-5H2,1-2H3;4,6H,1,5H2,2-3H3;4-5H,3H2,1-2H3;4H,3H2,1-2H3;3H,1-2H3. The maximum Gasteiger partial charge on any atom is 0.437 e. The van der Waals surface area contributed by atoms with Gasteiger partial charge in [-0.1, -0.05) is 71.0 Å². The molecule has 8 nitrogen and oxygen atoms in total. The van der Waals surface area contributed by atoms with E-state index in [0.29, 0.717) is 30.3 Å². The van der Waals surface area contributed by atoms with E-state index in [1.165, 1.54) is 19.9 Å². The molecule has 0 aromatic heterocycles. The van der Waals surface area contributed by atoms with Gasteiger partial charge in [-0.05, 0) is 72.9 Å². The molecule has 0 aromatic rings. The molecule has 0 radical (unpaired) electrons. The summed E-state index contributed by atoms with van der Waals surface area (Å²) in [5, 5.41) is 12.4. The first-order chi connectivity index (χ1) is 18.6. The fourth-order valence-electron chi connectivity index (χ4n) is 2.89. The maximum absolute atomic E-state index is 11.4. The zero-order valence-corrected chi connectivity index (χ0v) is 29.5. The molecule has 240 valence electrons. The first-order valence-electron chi connectivity index (χ1n) is 13.8. The number of rotatable bonds is 10. The molecule has 1 unspecified atom stereocenters. The number of halogens is 3. The van der Waals surface area contributed by atoms with Crippen LogP contribution in [0.15, 0.2) is 17.8 Å². The van der Waals surface area contributed by atoms with Crippen LogP contribution in [0.3, 0.4) is 0 Å². The topological polar surface area (TPSA) is 123 Å². The van der Waals surface area contributed by atoms with Crippen LogP contribution in [0.2, 0.25) is 0 Å². The predicted molar refractivity (Wildman–Crippen MR) is 169 cm³/mol. The van der Waals surface area contributed by atoms with Gasteiger partial charge in [0.1, 0.15) is 16.5 Å². The van der Waals surface area contributed by atoms with E-state index in [9.17, 15) is 21.9 Å². The van der Waals surface area contributed by atoms with Crippen molar-refractivity contribution in [3.8, 4) is 6.07 Å². The third kappa shape index (κ3) is 29.9. The van der Waals surface area contributed by atoms with Gasteiger partial charge in [0.15, 0.2) is 5.78 Å². The summed E-state index contributed by atoms with van der Waals surface area (Å²) in [6.07, 6.45) is 5.98. The van der Waals surface area contributed by atoms with Crippen molar-refractivity contribution in [1.82, 2.24) is 0 Å². The predicted octanol–water partition coefficient (Wildman–Crippen LogP) is 8.34. The molecule has 0 bridgehead atoms. The van der Waals surface area contributed by atoms with Crippen LogP contribution in [0, 0.1) is 40.4 Å². The molecule has 2 rings (SSSR count). The zero-order valence-electron chi connectivity index (χ0n) is 26.4. The Morgan fingerprint density at radius 1 is 1.17 bits per heavy atom. The number of ketones is 2. The van der Waals surface area contributed by atoms with E-state index in [2.05, 4.69) is 65.6 Å². The van der Waals surface area contributed by atoms with Gasteiger partial charge in [-0.25, -0.2) is 4.18 Å². The van der Waals surface area contributed by atoms with Crippen LogP contribution in [-0.4, -0.2) is 42.7 Å². The summed E-state index contributed by atoms with van der Waals surface area (Å²) >= 11 is 8.47. The second-order valence-electron chi connectivity index (χ2n) is 11.6. The van der Waals surface area contributed by atoms with Crippen LogP contribution < -0.4 is 0 Å². The summed E-state index contributed by atoms with van der Waals surface area (Å²) < 4.78 is 35.2. The molecule has 1 aliphatic heterocycles. The van der Waals surface area contributed by atoms with Crippen molar-refractivity contribution < 1.29 is 30.9 Å². The van der Waals surface area contributed by atoms with Gasteiger partial charge >= 0.3 is 10.5 Å². The van der Waals surface area contributed by atoms with Crippen LogP contribution in [0.4, 0.5) is 3.89 Å². The molecular formula is C29H51BrClFN2O6S. The average molecular weight is 690 g/mol. The number of nitrogens with zero attached hydrogens (tertiary/aromatic N) is 2. The molecule has 1 aliphatic carbocycles. The largest absolute Gasteiger partial charge is 0.437 e. The van der Waals surface area contributed by atoms with Crippen molar-refractivity contribution in [3.63, 3.8) is 0 Å². The fourth-order valence-corrected chi connectivity index (χ4v) is 4.06. The highest BCUT2D eigenvalue weighted by molar-refractivity contribution is 9.18. The van der Waals surface area contributed by atoms with Crippen LogP contribution in [-0.2, 0) is 29.1 Å². The third-order valence-electron chi connectivity index (χ3n) is 5.21. The lowest BCUT2D eigenvalue weighted by molar-refractivity contribution is -0.119. The number of allylic oxidation sites excluding steroid dienone is 1. The number of nitriles is 1. The van der Waals surface area contributed by atoms with Crippen molar-refractivity contribution in [3.05, 3.63) is 12.7 Å². The lowest BCUT2D eigenvalue weighted by atomic mass is 9.96. The molecule has 41 heavy (non-hydrogen) atoms. The Morgan fingerprint density at radius 2 is 1.68 bits per heavy atom. The van der Waals surface area contributed by atoms with E-state index < -0.39 is 16.6 Å². The Hall–Kier alpha value is -1.35. The summed E-state index contributed by atoms with van der Waals surface area (Å²) in [5.41, 5.74) is 0.119. The smallest absolute Gasteiger partial charge is 0.391 e. The molecule has 1 atom stereocenters. The van der Waals surface area contributed by atoms with Crippen molar-refractivity contribution in [2.45, 2.75) is 114 Å². The summed E-state index contributed by atoms with van der Waals surface area (Å²) in [6, 6.07) is 2.38. The van der Waals surface area contributed by atoms with E-state index in [1.807, 2.05) is 27.7 Å². The molecule has 0 amide bonds. The van der Waals surface area contributed by atoms with Crippen LogP contribution in [0.25, 0.3) is 0 Å². The van der Waals surface area contributed by atoms with Crippen molar-refractivity contribution in [1.29, 1.82) is 5.26 Å². The summed E-state index contributed by atoms with van der Waals surface area (Å²) in [6.45, 7) is 22.5. The van der Waals surface area contributed by atoms with Gasteiger partial charge in [0, 0.05) is 18.8 Å². The van der Waals surface area contributed by atoms with E-state index >= 15 is 0 Å². The normalized spacial score (nSPS) is 16.4. The van der Waals surface area contributed by atoms with Crippen LogP contribution in [0.5, 0.6) is 0 Å². The van der Waals surface area contributed by atoms with Gasteiger partial charge < -0.3 is 4.84 Å². The highest BCUT2D eigenvalue weighted by Crippen LogP contribution is 2.49. The maximum atomic E-state index is 11.4. The van der Waals surface area contributed by atoms with Crippen LogP contribution >= 0.6 is 27.5 Å². The fraction of sp³-hybridized carbons (Fsp3) is 0.793. The summed E-state index contributed by atoms with van der Waals surface area (Å²) in [4.78, 5) is 26.0. The molecule has 12 heteroatoms. The molecule has 0 aromatic carbocycles. The van der Waals surface area contributed by atoms with Crippen molar-refractivity contribution in [2.75, 3.05) is 5.88 Å². The number of hydrogen-bond acceptors (Lipinski definition) is 8. The quantitative estimate of drug-likeness (QED) is 0.128. The second kappa shape index (κ2) is 23.1. The molecule has 0 saturated heterocycles. The summed E-state index contributed by atoms with van der Waals surface area (Å²) in [5.74, 6) is 2.20. The first kappa shape index (κ1) is 44.1. The monoisotopic (exact) mass is 688 g/mol. The van der Waals surface area contributed by atoms with E-state index in [1.54, 1.807) is 0 Å². The number of hydrogen-bond donors (Lipinski definition) is 0. The zero-order chi connectivity index (χ0) is 33.0. The number of Topliss-reactive ketones (excluding diaryl/α,β-unsaturated/α-hetero) is 1. The molecule has 1 heterocycles. The van der Waals surface area contributed by atoms with Crippen molar-refractivity contribution in [2.24, 2.45) is 34.2 Å². The molecule has 2 aliphatic rings. The number of carbonyl (C=O) groups is 2. The molecule has 1 fully saturated rings. The van der Waals surface area contributed by atoms with Gasteiger partial charge in [0.2, 0.25) is 0 Å². The summed E-state index contributed by atoms with van der Waals surface area (Å²) in [7, 11) is -4.72. The Labute approximate surface area is 262 Å². The Balaban J connectivity index is -0.000000442. The van der Waals surface area contributed by atoms with Gasteiger partial charge in [0.25, 0.3) is 0 Å². The number of carbonyl (C=O) groups excluding carboxylic acids is 2. The second-order valence-corrected chi connectivity index (χ2v) is 13.8. The Bertz CT molecular complexity index is 943. The van der Waals surface area contributed by atoms with E-state index in [4.69, 9.17) is 21.7 Å². The van der Waals surface area contributed by atoms with Gasteiger partial charge in [0.05, 0.1) is 23.5 Å². The van der Waals surface area contributed by atoms with E-state index in [-0.39, 0.29) is 28.8 Å². The minimum absolute atomic E-state index is 0.0949. The first-order valence-corrected chi connectivity index (χ1v) is 16.4. The minimum Gasteiger partial charge on any atom is -0.391 e. The Kier molecular flexibility index (Phi) is 24.9. The number of alkyl halides is 1. The Morgan fingerprint density at radius 3 is 1.78 bits per heavy atom. The third-order valence-corrected chi connectivity index (χ3v) is 6.56. The average Bonchev–Trinajstić information content (AvgIpc) is 3.45. The van der Waals surface area contributed by atoms with Crippen molar-refractivity contribution >= 4 is 54.2 Å². The molecular weight excluding hydrogens is 639 g/mol. The lowest BCUT2D eigenvalue weighted by Crippen LogP contribution is -2.13. The van der Waals surface area contributed by atoms with Gasteiger partial charge in [-0.2, -0.15) is 13.7 Å². The molecule has 1 saturated carbocycles.